The molecule has 0 radical (unpaired) electrons. The lowest BCUT2D eigenvalue weighted by Crippen LogP contribution is -2.55. The number of hydrogen-bond acceptors (Lipinski definition) is 2. The van der Waals surface area contributed by atoms with E-state index in [1.165, 1.54) is 0 Å². The van der Waals surface area contributed by atoms with Crippen LogP contribution in [-0.4, -0.2) is 28.8 Å². The lowest BCUT2D eigenvalue weighted by Gasteiger charge is -2.47. The first-order chi connectivity index (χ1) is 15.0. The molecule has 1 aliphatic heterocycles. The van der Waals surface area contributed by atoms with Crippen molar-refractivity contribution in [3.63, 3.8) is 0 Å². The molecule has 6 rings (SSSR count). The summed E-state index contributed by atoms with van der Waals surface area (Å²) in [5.41, 5.74) is 2.03. The van der Waals surface area contributed by atoms with Crippen molar-refractivity contribution in [2.24, 2.45) is 5.92 Å². The molecular formula is C26H25BrN2O2. The van der Waals surface area contributed by atoms with Gasteiger partial charge in [0, 0.05) is 28.6 Å². The molecular weight excluding hydrogens is 452 g/mol. The Hall–Kier alpha value is -2.66. The SMILES string of the molecule is CCCN1C(=O)C=C2C[C@@H]3C=C(C(=O)N[C@H](C)c4cccc5ccccc45)C21C=C3Br. The minimum atomic E-state index is -0.761. The van der Waals surface area contributed by atoms with E-state index in [4.69, 9.17) is 0 Å². The summed E-state index contributed by atoms with van der Waals surface area (Å²) in [4.78, 5) is 28.3. The van der Waals surface area contributed by atoms with Crippen molar-refractivity contribution >= 4 is 38.5 Å². The van der Waals surface area contributed by atoms with E-state index in [9.17, 15) is 9.59 Å². The average Bonchev–Trinajstić information content (AvgIpc) is 3.04. The van der Waals surface area contributed by atoms with Crippen LogP contribution in [-0.2, 0) is 9.59 Å². The third-order valence-electron chi connectivity index (χ3n) is 6.73. The van der Waals surface area contributed by atoms with Gasteiger partial charge in [0.15, 0.2) is 0 Å². The summed E-state index contributed by atoms with van der Waals surface area (Å²) in [6.07, 6.45) is 7.48. The van der Waals surface area contributed by atoms with Crippen LogP contribution < -0.4 is 5.32 Å². The zero-order valence-corrected chi connectivity index (χ0v) is 19.3. The lowest BCUT2D eigenvalue weighted by atomic mass is 9.67. The van der Waals surface area contributed by atoms with Crippen molar-refractivity contribution in [1.29, 1.82) is 0 Å². The molecule has 3 atom stereocenters. The Morgan fingerprint density at radius 2 is 2.03 bits per heavy atom. The standard InChI is InChI=1S/C26H25BrN2O2/c1-3-11-29-24(30)14-19-12-18-13-22(26(19,29)15-23(18)27)25(31)28-16(2)20-10-6-8-17-7-4-5-9-21(17)20/h4-10,13-16,18H,3,11-12H2,1-2H3,(H,28,31)/t16-,18-,26?/m1/s1. The number of hydrogen-bond donors (Lipinski definition) is 1. The van der Waals surface area contributed by atoms with E-state index in [0.29, 0.717) is 12.1 Å². The van der Waals surface area contributed by atoms with Gasteiger partial charge in [0.1, 0.15) is 5.54 Å². The number of amides is 2. The summed E-state index contributed by atoms with van der Waals surface area (Å²) in [6, 6.07) is 14.2. The molecule has 31 heavy (non-hydrogen) atoms. The molecule has 0 saturated carbocycles. The Labute approximate surface area is 190 Å². The molecule has 1 N–H and O–H groups in total. The number of nitrogens with zero attached hydrogens (tertiary/aromatic N) is 1. The smallest absolute Gasteiger partial charge is 0.250 e. The van der Waals surface area contributed by atoms with Crippen molar-refractivity contribution in [2.45, 2.75) is 38.3 Å². The summed E-state index contributed by atoms with van der Waals surface area (Å²) in [5, 5.41) is 5.52. The van der Waals surface area contributed by atoms with E-state index in [0.717, 1.165) is 39.2 Å². The third kappa shape index (κ3) is 3.01. The highest BCUT2D eigenvalue weighted by Crippen LogP contribution is 2.53. The summed E-state index contributed by atoms with van der Waals surface area (Å²) < 4.78 is 1.05. The van der Waals surface area contributed by atoms with Gasteiger partial charge in [0.25, 0.3) is 0 Å². The molecule has 1 heterocycles. The largest absolute Gasteiger partial charge is 0.346 e. The first-order valence-corrected chi connectivity index (χ1v) is 11.7. The molecule has 158 valence electrons. The van der Waals surface area contributed by atoms with Gasteiger partial charge in [-0.2, -0.15) is 0 Å². The van der Waals surface area contributed by atoms with Crippen LogP contribution in [0.4, 0.5) is 0 Å². The van der Waals surface area contributed by atoms with E-state index in [1.807, 2.05) is 36.1 Å². The number of benzene rings is 2. The Balaban J connectivity index is 1.50. The van der Waals surface area contributed by atoms with E-state index in [1.54, 1.807) is 6.08 Å². The minimum Gasteiger partial charge on any atom is -0.346 e. The minimum absolute atomic E-state index is 0.00301. The number of carbonyl (C=O) groups is 2. The van der Waals surface area contributed by atoms with E-state index in [-0.39, 0.29) is 23.8 Å². The second kappa shape index (κ2) is 7.49. The quantitative estimate of drug-likeness (QED) is 0.646. The van der Waals surface area contributed by atoms with Gasteiger partial charge in [-0.15, -0.1) is 0 Å². The first kappa shape index (κ1) is 20.3. The maximum absolute atomic E-state index is 13.6. The van der Waals surface area contributed by atoms with E-state index < -0.39 is 5.54 Å². The van der Waals surface area contributed by atoms with Gasteiger partial charge in [-0.3, -0.25) is 9.59 Å². The highest BCUT2D eigenvalue weighted by atomic mass is 79.9. The molecule has 1 spiro atoms. The average molecular weight is 477 g/mol. The van der Waals surface area contributed by atoms with Gasteiger partial charge >= 0.3 is 0 Å². The molecule has 2 aromatic carbocycles. The second-order valence-corrected chi connectivity index (χ2v) is 9.53. The van der Waals surface area contributed by atoms with Crippen molar-refractivity contribution in [3.8, 4) is 0 Å². The fraction of sp³-hybridized carbons (Fsp3) is 0.308. The van der Waals surface area contributed by atoms with Crippen molar-refractivity contribution in [3.05, 3.63) is 81.9 Å². The molecule has 0 fully saturated rings. The molecule has 3 aliphatic carbocycles. The zero-order valence-electron chi connectivity index (χ0n) is 17.7. The van der Waals surface area contributed by atoms with Crippen LogP contribution in [0.25, 0.3) is 10.8 Å². The zero-order chi connectivity index (χ0) is 21.8. The fourth-order valence-corrected chi connectivity index (χ4v) is 5.94. The van der Waals surface area contributed by atoms with Crippen LogP contribution in [0.15, 0.2) is 76.3 Å². The van der Waals surface area contributed by atoms with Gasteiger partial charge in [0.2, 0.25) is 11.8 Å². The molecule has 4 nitrogen and oxygen atoms in total. The predicted octanol–water partition coefficient (Wildman–Crippen LogP) is 5.17. The Morgan fingerprint density at radius 3 is 2.84 bits per heavy atom. The summed E-state index contributed by atoms with van der Waals surface area (Å²) in [5.74, 6) is -0.00375. The first-order valence-electron chi connectivity index (χ1n) is 10.9. The second-order valence-electron chi connectivity index (χ2n) is 8.61. The van der Waals surface area contributed by atoms with Crippen LogP contribution in [0, 0.1) is 5.92 Å². The van der Waals surface area contributed by atoms with Gasteiger partial charge in [-0.05, 0) is 47.8 Å². The van der Waals surface area contributed by atoms with Crippen molar-refractivity contribution in [2.75, 3.05) is 6.54 Å². The molecule has 2 aromatic rings. The van der Waals surface area contributed by atoms with Crippen LogP contribution in [0.5, 0.6) is 0 Å². The van der Waals surface area contributed by atoms with Gasteiger partial charge in [-0.1, -0.05) is 71.4 Å². The highest BCUT2D eigenvalue weighted by molar-refractivity contribution is 9.11. The van der Waals surface area contributed by atoms with Gasteiger partial charge < -0.3 is 10.2 Å². The van der Waals surface area contributed by atoms with Crippen LogP contribution in [0.1, 0.15) is 38.3 Å². The normalized spacial score (nSPS) is 25.1. The number of fused-ring (bicyclic) bond motifs is 1. The van der Waals surface area contributed by atoms with E-state index >= 15 is 0 Å². The van der Waals surface area contributed by atoms with Crippen LogP contribution in [0.3, 0.4) is 0 Å². The summed E-state index contributed by atoms with van der Waals surface area (Å²) in [6.45, 7) is 4.69. The van der Waals surface area contributed by atoms with Crippen LogP contribution in [0.2, 0.25) is 0 Å². The monoisotopic (exact) mass is 476 g/mol. The summed E-state index contributed by atoms with van der Waals surface area (Å²) >= 11 is 3.69. The third-order valence-corrected chi connectivity index (χ3v) is 7.54. The molecule has 2 amide bonds. The Kier molecular flexibility index (Phi) is 4.89. The number of allylic oxidation sites excluding steroid dienone is 2. The molecule has 0 saturated heterocycles. The molecule has 5 heteroatoms. The van der Waals surface area contributed by atoms with Gasteiger partial charge in [0.05, 0.1) is 6.04 Å². The topological polar surface area (TPSA) is 49.4 Å². The number of rotatable bonds is 5. The number of carbonyl (C=O) groups excluding carboxylic acids is 2. The predicted molar refractivity (Wildman–Crippen MR) is 127 cm³/mol. The van der Waals surface area contributed by atoms with Crippen LogP contribution >= 0.6 is 15.9 Å². The maximum Gasteiger partial charge on any atom is 0.250 e. The number of nitrogens with one attached hydrogen (secondary N) is 1. The molecule has 2 bridgehead atoms. The van der Waals surface area contributed by atoms with E-state index in [2.05, 4.69) is 58.5 Å². The number of halogens is 1. The lowest BCUT2D eigenvalue weighted by molar-refractivity contribution is -0.127. The summed E-state index contributed by atoms with van der Waals surface area (Å²) in [7, 11) is 0. The molecule has 1 unspecified atom stereocenters. The Bertz CT molecular complexity index is 1190. The fourth-order valence-electron chi connectivity index (χ4n) is 5.31. The molecule has 0 aromatic heterocycles. The van der Waals surface area contributed by atoms with Gasteiger partial charge in [-0.25, -0.2) is 0 Å². The highest BCUT2D eigenvalue weighted by Gasteiger charge is 2.55. The maximum atomic E-state index is 13.6. The van der Waals surface area contributed by atoms with Crippen molar-refractivity contribution in [1.82, 2.24) is 10.2 Å². The molecule has 4 aliphatic rings. The van der Waals surface area contributed by atoms with Crippen molar-refractivity contribution < 1.29 is 9.59 Å². The Morgan fingerprint density at radius 1 is 1.26 bits per heavy atom.